The average molecular weight is 281 g/mol. The molecule has 2 rings (SSSR count). The number of hydrogen-bond donors (Lipinski definition) is 1. The number of thiazole rings is 1. The lowest BCUT2D eigenvalue weighted by Crippen LogP contribution is -2.06. The van der Waals surface area contributed by atoms with E-state index in [1.807, 2.05) is 13.8 Å². The summed E-state index contributed by atoms with van der Waals surface area (Å²) in [5, 5.41) is 19.0. The van der Waals surface area contributed by atoms with Crippen LogP contribution in [0.4, 0.5) is 11.5 Å². The zero-order valence-corrected chi connectivity index (χ0v) is 12.0. The standard InChI is InChI=1S/C11H15N5O2S/c1-6-8(3)19-9(13-6)5-12-11-10(16(17)18)7(2)14-15(11)4/h12H,5H2,1-4H3. The van der Waals surface area contributed by atoms with E-state index < -0.39 is 4.92 Å². The third kappa shape index (κ3) is 2.58. The van der Waals surface area contributed by atoms with Crippen LogP contribution < -0.4 is 5.32 Å². The number of hydrogen-bond acceptors (Lipinski definition) is 6. The Morgan fingerprint density at radius 1 is 1.37 bits per heavy atom. The van der Waals surface area contributed by atoms with E-state index in [4.69, 9.17) is 0 Å². The second kappa shape index (κ2) is 4.96. The molecule has 2 heterocycles. The van der Waals surface area contributed by atoms with E-state index in [0.29, 0.717) is 18.1 Å². The van der Waals surface area contributed by atoms with Crippen molar-refractivity contribution in [2.75, 3.05) is 5.32 Å². The second-order valence-corrected chi connectivity index (χ2v) is 5.55. The molecule has 0 bridgehead atoms. The summed E-state index contributed by atoms with van der Waals surface area (Å²) >= 11 is 1.59. The molecule has 0 saturated carbocycles. The Balaban J connectivity index is 2.22. The lowest BCUT2D eigenvalue weighted by molar-refractivity contribution is -0.384. The van der Waals surface area contributed by atoms with Crippen LogP contribution in [0.5, 0.6) is 0 Å². The van der Waals surface area contributed by atoms with Gasteiger partial charge in [-0.2, -0.15) is 5.10 Å². The van der Waals surface area contributed by atoms with Gasteiger partial charge in [0.15, 0.2) is 0 Å². The fraction of sp³-hybridized carbons (Fsp3) is 0.455. The van der Waals surface area contributed by atoms with Gasteiger partial charge in [-0.1, -0.05) is 0 Å². The van der Waals surface area contributed by atoms with Gasteiger partial charge in [-0.3, -0.25) is 10.1 Å². The molecule has 8 heteroatoms. The molecule has 0 radical (unpaired) electrons. The molecule has 0 atom stereocenters. The quantitative estimate of drug-likeness (QED) is 0.686. The van der Waals surface area contributed by atoms with Crippen molar-refractivity contribution >= 4 is 22.8 Å². The Hall–Kier alpha value is -1.96. The highest BCUT2D eigenvalue weighted by atomic mass is 32.1. The van der Waals surface area contributed by atoms with Gasteiger partial charge in [0.05, 0.1) is 17.2 Å². The molecular weight excluding hydrogens is 266 g/mol. The smallest absolute Gasteiger partial charge is 0.333 e. The predicted octanol–water partition coefficient (Wildman–Crippen LogP) is 2.32. The van der Waals surface area contributed by atoms with E-state index >= 15 is 0 Å². The topological polar surface area (TPSA) is 85.9 Å². The third-order valence-electron chi connectivity index (χ3n) is 2.85. The molecule has 0 fully saturated rings. The van der Waals surface area contributed by atoms with Gasteiger partial charge in [0.25, 0.3) is 0 Å². The largest absolute Gasteiger partial charge is 0.358 e. The van der Waals surface area contributed by atoms with Gasteiger partial charge in [0, 0.05) is 11.9 Å². The minimum Gasteiger partial charge on any atom is -0.358 e. The molecule has 0 amide bonds. The second-order valence-electron chi connectivity index (χ2n) is 4.27. The summed E-state index contributed by atoms with van der Waals surface area (Å²) in [5.74, 6) is 0.410. The van der Waals surface area contributed by atoms with Crippen molar-refractivity contribution in [1.29, 1.82) is 0 Å². The summed E-state index contributed by atoms with van der Waals surface area (Å²) in [6, 6.07) is 0. The van der Waals surface area contributed by atoms with Gasteiger partial charge >= 0.3 is 5.69 Å². The van der Waals surface area contributed by atoms with E-state index in [1.54, 1.807) is 25.3 Å². The minimum atomic E-state index is -0.414. The number of anilines is 1. The molecule has 2 aromatic heterocycles. The average Bonchev–Trinajstić information content (AvgIpc) is 2.76. The van der Waals surface area contributed by atoms with Crippen LogP contribution in [0.3, 0.4) is 0 Å². The number of nitrogens with one attached hydrogen (secondary N) is 1. The van der Waals surface area contributed by atoms with Crippen LogP contribution in [0.15, 0.2) is 0 Å². The molecule has 0 saturated heterocycles. The van der Waals surface area contributed by atoms with E-state index in [2.05, 4.69) is 15.4 Å². The van der Waals surface area contributed by atoms with Crippen molar-refractivity contribution in [3.63, 3.8) is 0 Å². The predicted molar refractivity (Wildman–Crippen MR) is 73.5 cm³/mol. The first-order chi connectivity index (χ1) is 8.90. The van der Waals surface area contributed by atoms with Crippen LogP contribution in [-0.2, 0) is 13.6 Å². The molecule has 0 aliphatic heterocycles. The monoisotopic (exact) mass is 281 g/mol. The Kier molecular flexibility index (Phi) is 3.52. The van der Waals surface area contributed by atoms with Crippen LogP contribution in [-0.4, -0.2) is 19.7 Å². The van der Waals surface area contributed by atoms with Gasteiger partial charge in [0.2, 0.25) is 5.82 Å². The van der Waals surface area contributed by atoms with Crippen LogP contribution in [0.1, 0.15) is 21.3 Å². The van der Waals surface area contributed by atoms with E-state index in [-0.39, 0.29) is 5.69 Å². The summed E-state index contributed by atoms with van der Waals surface area (Å²) in [6.07, 6.45) is 0. The van der Waals surface area contributed by atoms with Crippen molar-refractivity contribution in [3.05, 3.63) is 31.4 Å². The zero-order valence-electron chi connectivity index (χ0n) is 11.2. The first-order valence-corrected chi connectivity index (χ1v) is 6.56. The van der Waals surface area contributed by atoms with E-state index in [9.17, 15) is 10.1 Å². The van der Waals surface area contributed by atoms with Crippen molar-refractivity contribution < 1.29 is 4.92 Å². The molecule has 102 valence electrons. The normalized spacial score (nSPS) is 10.7. The van der Waals surface area contributed by atoms with Crippen molar-refractivity contribution in [2.45, 2.75) is 27.3 Å². The minimum absolute atomic E-state index is 0.0208. The van der Waals surface area contributed by atoms with Crippen LogP contribution in [0, 0.1) is 30.9 Å². The van der Waals surface area contributed by atoms with Crippen LogP contribution in [0.25, 0.3) is 0 Å². The zero-order chi connectivity index (χ0) is 14.2. The maximum atomic E-state index is 11.0. The Labute approximate surface area is 114 Å². The summed E-state index contributed by atoms with van der Waals surface area (Å²) < 4.78 is 1.49. The van der Waals surface area contributed by atoms with Gasteiger partial charge in [-0.15, -0.1) is 11.3 Å². The first-order valence-electron chi connectivity index (χ1n) is 5.75. The van der Waals surface area contributed by atoms with Gasteiger partial charge in [-0.25, -0.2) is 9.67 Å². The van der Waals surface area contributed by atoms with Gasteiger partial charge in [-0.05, 0) is 20.8 Å². The highest BCUT2D eigenvalue weighted by molar-refractivity contribution is 7.11. The summed E-state index contributed by atoms with van der Waals surface area (Å²) in [7, 11) is 1.68. The molecular formula is C11H15N5O2S. The fourth-order valence-electron chi connectivity index (χ4n) is 1.84. The highest BCUT2D eigenvalue weighted by Crippen LogP contribution is 2.28. The van der Waals surface area contributed by atoms with Crippen LogP contribution in [0.2, 0.25) is 0 Å². The summed E-state index contributed by atoms with van der Waals surface area (Å²) in [4.78, 5) is 16.2. The Morgan fingerprint density at radius 3 is 2.58 bits per heavy atom. The SMILES string of the molecule is Cc1nc(CNc2c([N+](=O)[O-])c(C)nn2C)sc1C. The molecule has 0 unspecified atom stereocenters. The molecule has 0 aromatic carbocycles. The molecule has 1 N–H and O–H groups in total. The Morgan fingerprint density at radius 2 is 2.05 bits per heavy atom. The van der Waals surface area contributed by atoms with E-state index in [1.165, 1.54) is 4.68 Å². The maximum Gasteiger partial charge on any atom is 0.333 e. The molecule has 2 aromatic rings. The number of nitro groups is 1. The van der Waals surface area contributed by atoms with Crippen LogP contribution >= 0.6 is 11.3 Å². The first kappa shape index (κ1) is 13.5. The van der Waals surface area contributed by atoms with Gasteiger partial charge < -0.3 is 5.32 Å². The number of rotatable bonds is 4. The van der Waals surface area contributed by atoms with Crippen molar-refractivity contribution in [1.82, 2.24) is 14.8 Å². The lowest BCUT2D eigenvalue weighted by atomic mass is 10.4. The van der Waals surface area contributed by atoms with Gasteiger partial charge in [0.1, 0.15) is 10.7 Å². The molecule has 0 spiro atoms. The fourth-order valence-corrected chi connectivity index (χ4v) is 2.71. The third-order valence-corrected chi connectivity index (χ3v) is 3.93. The lowest BCUT2D eigenvalue weighted by Gasteiger charge is -2.03. The van der Waals surface area contributed by atoms with E-state index in [0.717, 1.165) is 15.6 Å². The molecule has 19 heavy (non-hydrogen) atoms. The molecule has 0 aliphatic carbocycles. The summed E-state index contributed by atoms with van der Waals surface area (Å²) in [6.45, 7) is 6.04. The highest BCUT2D eigenvalue weighted by Gasteiger charge is 2.23. The Bertz CT molecular complexity index is 612. The van der Waals surface area contributed by atoms with Crippen molar-refractivity contribution in [3.8, 4) is 0 Å². The number of aryl methyl sites for hydroxylation is 4. The number of aromatic nitrogens is 3. The number of nitrogens with zero attached hydrogens (tertiary/aromatic N) is 4. The maximum absolute atomic E-state index is 11.0. The molecule has 0 aliphatic rings. The van der Waals surface area contributed by atoms with Crippen molar-refractivity contribution in [2.24, 2.45) is 7.05 Å². The molecule has 7 nitrogen and oxygen atoms in total. The summed E-state index contributed by atoms with van der Waals surface area (Å²) in [5.41, 5.74) is 1.42.